The first-order valence-electron chi connectivity index (χ1n) is 6.33. The van der Waals surface area contributed by atoms with Gasteiger partial charge in [0.15, 0.2) is 0 Å². The van der Waals surface area contributed by atoms with Crippen LogP contribution in [0.4, 0.5) is 11.4 Å². The molecule has 1 unspecified atom stereocenters. The lowest BCUT2D eigenvalue weighted by atomic mass is 10.1. The molecule has 0 radical (unpaired) electrons. The highest BCUT2D eigenvalue weighted by Gasteiger charge is 2.21. The second-order valence-corrected chi connectivity index (χ2v) is 4.27. The Hall–Kier alpha value is -2.11. The van der Waals surface area contributed by atoms with Crippen molar-refractivity contribution in [1.82, 2.24) is 5.32 Å². The Bertz CT molecular complexity index is 474. The van der Waals surface area contributed by atoms with Crippen LogP contribution in [0.3, 0.4) is 0 Å². The van der Waals surface area contributed by atoms with Crippen molar-refractivity contribution in [2.24, 2.45) is 0 Å². The van der Waals surface area contributed by atoms with Crippen LogP contribution < -0.4 is 10.6 Å². The number of hydrogen-bond donors (Lipinski definition) is 2. The summed E-state index contributed by atoms with van der Waals surface area (Å²) >= 11 is 0. The van der Waals surface area contributed by atoms with Gasteiger partial charge in [-0.05, 0) is 26.3 Å². The molecule has 1 amide bonds. The minimum atomic E-state index is -0.488. The molecular weight excluding hydrogens is 246 g/mol. The van der Waals surface area contributed by atoms with Gasteiger partial charge in [0.25, 0.3) is 11.6 Å². The van der Waals surface area contributed by atoms with E-state index in [2.05, 4.69) is 10.6 Å². The Kier molecular flexibility index (Phi) is 5.29. The third kappa shape index (κ3) is 3.67. The van der Waals surface area contributed by atoms with Crippen molar-refractivity contribution in [1.29, 1.82) is 0 Å². The van der Waals surface area contributed by atoms with Crippen molar-refractivity contribution in [3.05, 3.63) is 33.9 Å². The summed E-state index contributed by atoms with van der Waals surface area (Å²) in [6.45, 7) is 6.19. The number of carbonyl (C=O) groups excluding carboxylic acids is 1. The normalized spacial score (nSPS) is 11.7. The Balaban J connectivity index is 3.15. The van der Waals surface area contributed by atoms with E-state index in [-0.39, 0.29) is 23.3 Å². The van der Waals surface area contributed by atoms with Crippen LogP contribution >= 0.6 is 0 Å². The molecule has 104 valence electrons. The number of hydrogen-bond acceptors (Lipinski definition) is 4. The topological polar surface area (TPSA) is 84.3 Å². The average molecular weight is 265 g/mol. The van der Waals surface area contributed by atoms with E-state index in [1.165, 1.54) is 12.1 Å². The molecule has 19 heavy (non-hydrogen) atoms. The lowest BCUT2D eigenvalue weighted by Gasteiger charge is -2.14. The zero-order valence-corrected chi connectivity index (χ0v) is 11.4. The zero-order valence-electron chi connectivity index (χ0n) is 11.4. The second-order valence-electron chi connectivity index (χ2n) is 4.27. The molecule has 1 atom stereocenters. The number of benzene rings is 1. The van der Waals surface area contributed by atoms with Crippen LogP contribution in [0.5, 0.6) is 0 Å². The summed E-state index contributed by atoms with van der Waals surface area (Å²) < 4.78 is 0. The molecule has 1 aromatic rings. The maximum absolute atomic E-state index is 12.1. The van der Waals surface area contributed by atoms with Gasteiger partial charge in [0.1, 0.15) is 5.69 Å². The van der Waals surface area contributed by atoms with Crippen molar-refractivity contribution < 1.29 is 9.72 Å². The standard InChI is InChI=1S/C13H19N3O3/c1-4-9(3)15-13(17)10-7-6-8-11(16(18)19)12(10)14-5-2/h6-9,14H,4-5H2,1-3H3,(H,15,17). The molecular formula is C13H19N3O3. The van der Waals surface area contributed by atoms with Gasteiger partial charge in [0.05, 0.1) is 10.5 Å². The van der Waals surface area contributed by atoms with Crippen molar-refractivity contribution in [3.8, 4) is 0 Å². The first-order valence-corrected chi connectivity index (χ1v) is 6.33. The molecule has 0 bridgehead atoms. The number of anilines is 1. The Morgan fingerprint density at radius 3 is 2.63 bits per heavy atom. The van der Waals surface area contributed by atoms with E-state index < -0.39 is 4.92 Å². The molecule has 1 aromatic carbocycles. The molecule has 0 fully saturated rings. The molecule has 0 spiro atoms. The molecule has 6 nitrogen and oxygen atoms in total. The molecule has 0 aromatic heterocycles. The molecule has 6 heteroatoms. The van der Waals surface area contributed by atoms with Crippen LogP contribution in [-0.2, 0) is 0 Å². The lowest BCUT2D eigenvalue weighted by Crippen LogP contribution is -2.32. The predicted molar refractivity (Wildman–Crippen MR) is 74.5 cm³/mol. The number of amides is 1. The Morgan fingerprint density at radius 1 is 1.42 bits per heavy atom. The summed E-state index contributed by atoms with van der Waals surface area (Å²) in [5.74, 6) is -0.297. The first kappa shape index (κ1) is 14.9. The third-order valence-corrected chi connectivity index (χ3v) is 2.83. The van der Waals surface area contributed by atoms with E-state index in [9.17, 15) is 14.9 Å². The molecule has 0 aliphatic rings. The van der Waals surface area contributed by atoms with Gasteiger partial charge in [0, 0.05) is 18.7 Å². The number of nitro benzene ring substituents is 1. The maximum atomic E-state index is 12.1. The molecule has 0 aliphatic carbocycles. The minimum absolute atomic E-state index is 0.0289. The summed E-state index contributed by atoms with van der Waals surface area (Å²) in [6, 6.07) is 4.52. The van der Waals surface area contributed by atoms with Gasteiger partial charge >= 0.3 is 0 Å². The van der Waals surface area contributed by atoms with Crippen molar-refractivity contribution in [3.63, 3.8) is 0 Å². The van der Waals surface area contributed by atoms with Gasteiger partial charge in [-0.1, -0.05) is 13.0 Å². The smallest absolute Gasteiger partial charge is 0.293 e. The summed E-state index contributed by atoms with van der Waals surface area (Å²) in [6.07, 6.45) is 0.803. The first-order chi connectivity index (χ1) is 9.01. The largest absolute Gasteiger partial charge is 0.379 e. The van der Waals surface area contributed by atoms with Crippen LogP contribution in [0.25, 0.3) is 0 Å². The van der Waals surface area contributed by atoms with Crippen LogP contribution in [0.1, 0.15) is 37.6 Å². The SMILES string of the molecule is CCNc1c(C(=O)NC(C)CC)cccc1[N+](=O)[O-]. The highest BCUT2D eigenvalue weighted by molar-refractivity contribution is 6.01. The second kappa shape index (κ2) is 6.72. The fourth-order valence-electron chi connectivity index (χ4n) is 1.65. The quantitative estimate of drug-likeness (QED) is 0.611. The molecule has 0 aliphatic heterocycles. The summed E-state index contributed by atoms with van der Waals surface area (Å²) in [5.41, 5.74) is 0.491. The number of nitrogens with one attached hydrogen (secondary N) is 2. The average Bonchev–Trinajstić information content (AvgIpc) is 2.38. The van der Waals surface area contributed by atoms with E-state index in [0.717, 1.165) is 6.42 Å². The van der Waals surface area contributed by atoms with E-state index in [1.54, 1.807) is 6.07 Å². The van der Waals surface area contributed by atoms with Crippen LogP contribution in [-0.4, -0.2) is 23.4 Å². The van der Waals surface area contributed by atoms with Gasteiger partial charge < -0.3 is 10.6 Å². The fraction of sp³-hybridized carbons (Fsp3) is 0.462. The highest BCUT2D eigenvalue weighted by Crippen LogP contribution is 2.28. The van der Waals surface area contributed by atoms with Crippen LogP contribution in [0.15, 0.2) is 18.2 Å². The van der Waals surface area contributed by atoms with Crippen LogP contribution in [0, 0.1) is 10.1 Å². The van der Waals surface area contributed by atoms with Crippen molar-refractivity contribution >= 4 is 17.3 Å². The highest BCUT2D eigenvalue weighted by atomic mass is 16.6. The van der Waals surface area contributed by atoms with Gasteiger partial charge in [-0.25, -0.2) is 0 Å². The number of rotatable bonds is 6. The van der Waals surface area contributed by atoms with Gasteiger partial charge in [-0.15, -0.1) is 0 Å². The van der Waals surface area contributed by atoms with E-state index >= 15 is 0 Å². The van der Waals surface area contributed by atoms with Crippen molar-refractivity contribution in [2.45, 2.75) is 33.2 Å². The minimum Gasteiger partial charge on any atom is -0.379 e. The monoisotopic (exact) mass is 265 g/mol. The zero-order chi connectivity index (χ0) is 14.4. The van der Waals surface area contributed by atoms with E-state index in [0.29, 0.717) is 12.1 Å². The van der Waals surface area contributed by atoms with Gasteiger partial charge in [0.2, 0.25) is 0 Å². The maximum Gasteiger partial charge on any atom is 0.293 e. The molecule has 2 N–H and O–H groups in total. The summed E-state index contributed by atoms with van der Waals surface area (Å²) in [7, 11) is 0. The van der Waals surface area contributed by atoms with Gasteiger partial charge in [-0.3, -0.25) is 14.9 Å². The summed E-state index contributed by atoms with van der Waals surface area (Å²) in [4.78, 5) is 22.6. The number of nitro groups is 1. The van der Waals surface area contributed by atoms with E-state index in [1.807, 2.05) is 20.8 Å². The Morgan fingerprint density at radius 2 is 2.11 bits per heavy atom. The number of para-hydroxylation sites is 1. The van der Waals surface area contributed by atoms with Crippen molar-refractivity contribution in [2.75, 3.05) is 11.9 Å². The molecule has 1 rings (SSSR count). The fourth-order valence-corrected chi connectivity index (χ4v) is 1.65. The predicted octanol–water partition coefficient (Wildman–Crippen LogP) is 2.55. The molecule has 0 heterocycles. The molecule has 0 saturated heterocycles. The number of nitrogens with zero attached hydrogens (tertiary/aromatic N) is 1. The Labute approximate surface area is 112 Å². The molecule has 0 saturated carbocycles. The van der Waals surface area contributed by atoms with Crippen LogP contribution in [0.2, 0.25) is 0 Å². The third-order valence-electron chi connectivity index (χ3n) is 2.83. The number of carbonyl (C=O) groups is 1. The summed E-state index contributed by atoms with van der Waals surface area (Å²) in [5, 5.41) is 16.7. The van der Waals surface area contributed by atoms with Gasteiger partial charge in [-0.2, -0.15) is 0 Å². The van der Waals surface area contributed by atoms with E-state index in [4.69, 9.17) is 0 Å². The lowest BCUT2D eigenvalue weighted by molar-refractivity contribution is -0.384.